The molecule has 2 aromatic heterocycles. The monoisotopic (exact) mass is 189 g/mol. The Bertz CT molecular complexity index is 417. The first kappa shape index (κ1) is 9.21. The van der Waals surface area contributed by atoms with E-state index in [1.807, 2.05) is 12.3 Å². The fraction of sp³-hybridized carbons (Fsp3) is 0.364. The molecule has 0 radical (unpaired) electrons. The molecule has 3 nitrogen and oxygen atoms in total. The summed E-state index contributed by atoms with van der Waals surface area (Å²) in [6.07, 6.45) is 2.93. The van der Waals surface area contributed by atoms with Gasteiger partial charge in [-0.15, -0.1) is 0 Å². The lowest BCUT2D eigenvalue weighted by atomic mass is 10.2. The normalized spacial score (nSPS) is 11.4. The SMILES string of the molecule is CN(C)CCc1ccc2[nH]ccc2n1. The average Bonchev–Trinajstić information content (AvgIpc) is 2.61. The van der Waals surface area contributed by atoms with Gasteiger partial charge in [-0.2, -0.15) is 0 Å². The lowest BCUT2D eigenvalue weighted by Gasteiger charge is -2.08. The second-order valence-corrected chi connectivity index (χ2v) is 3.77. The quantitative estimate of drug-likeness (QED) is 0.796. The van der Waals surface area contributed by atoms with Crippen LogP contribution in [0.5, 0.6) is 0 Å². The van der Waals surface area contributed by atoms with Gasteiger partial charge in [-0.3, -0.25) is 4.98 Å². The van der Waals surface area contributed by atoms with Crippen molar-refractivity contribution in [3.05, 3.63) is 30.1 Å². The highest BCUT2D eigenvalue weighted by molar-refractivity contribution is 5.74. The summed E-state index contributed by atoms with van der Waals surface area (Å²) in [5.74, 6) is 0. The molecule has 0 amide bonds. The zero-order chi connectivity index (χ0) is 9.97. The Labute approximate surface area is 83.8 Å². The van der Waals surface area contributed by atoms with Crippen molar-refractivity contribution in [2.24, 2.45) is 0 Å². The number of aromatic amines is 1. The molecule has 0 spiro atoms. The molecular weight excluding hydrogens is 174 g/mol. The molecule has 0 aliphatic heterocycles. The summed E-state index contributed by atoms with van der Waals surface area (Å²) in [6, 6.07) is 6.18. The molecule has 2 heterocycles. The number of likely N-dealkylation sites (N-methyl/N-ethyl adjacent to an activating group) is 1. The fourth-order valence-electron chi connectivity index (χ4n) is 1.45. The van der Waals surface area contributed by atoms with Crippen LogP contribution in [0.3, 0.4) is 0 Å². The van der Waals surface area contributed by atoms with Crippen LogP contribution in [0, 0.1) is 0 Å². The summed E-state index contributed by atoms with van der Waals surface area (Å²) in [7, 11) is 4.16. The van der Waals surface area contributed by atoms with Gasteiger partial charge < -0.3 is 9.88 Å². The van der Waals surface area contributed by atoms with Gasteiger partial charge in [0.25, 0.3) is 0 Å². The standard InChI is InChI=1S/C11H15N3/c1-14(2)8-6-9-3-4-10-11(13-9)5-7-12-10/h3-5,7,12H,6,8H2,1-2H3. The van der Waals surface area contributed by atoms with Crippen molar-refractivity contribution in [3.8, 4) is 0 Å². The Morgan fingerprint density at radius 3 is 2.93 bits per heavy atom. The zero-order valence-corrected chi connectivity index (χ0v) is 8.62. The van der Waals surface area contributed by atoms with Crippen molar-refractivity contribution in [3.63, 3.8) is 0 Å². The molecule has 0 unspecified atom stereocenters. The van der Waals surface area contributed by atoms with E-state index in [0.29, 0.717) is 0 Å². The van der Waals surface area contributed by atoms with Gasteiger partial charge in [0.05, 0.1) is 11.0 Å². The number of fused-ring (bicyclic) bond motifs is 1. The summed E-state index contributed by atoms with van der Waals surface area (Å²) in [6.45, 7) is 1.04. The maximum Gasteiger partial charge on any atom is 0.0882 e. The Morgan fingerprint density at radius 2 is 2.14 bits per heavy atom. The van der Waals surface area contributed by atoms with E-state index in [4.69, 9.17) is 0 Å². The first-order chi connectivity index (χ1) is 6.75. The van der Waals surface area contributed by atoms with E-state index in [-0.39, 0.29) is 0 Å². The van der Waals surface area contributed by atoms with Crippen LogP contribution in [0.2, 0.25) is 0 Å². The first-order valence-corrected chi connectivity index (χ1v) is 4.83. The van der Waals surface area contributed by atoms with Crippen LogP contribution >= 0.6 is 0 Å². The highest BCUT2D eigenvalue weighted by atomic mass is 15.0. The predicted octanol–water partition coefficient (Wildman–Crippen LogP) is 1.67. The van der Waals surface area contributed by atoms with E-state index in [0.717, 1.165) is 29.7 Å². The number of nitrogens with zero attached hydrogens (tertiary/aromatic N) is 2. The van der Waals surface area contributed by atoms with Crippen molar-refractivity contribution in [1.82, 2.24) is 14.9 Å². The third-order valence-corrected chi connectivity index (χ3v) is 2.28. The molecule has 14 heavy (non-hydrogen) atoms. The van der Waals surface area contributed by atoms with Crippen molar-refractivity contribution < 1.29 is 0 Å². The average molecular weight is 189 g/mol. The number of rotatable bonds is 3. The van der Waals surface area contributed by atoms with E-state index >= 15 is 0 Å². The van der Waals surface area contributed by atoms with E-state index in [9.17, 15) is 0 Å². The van der Waals surface area contributed by atoms with Gasteiger partial charge in [0.15, 0.2) is 0 Å². The highest BCUT2D eigenvalue weighted by Gasteiger charge is 1.99. The second kappa shape index (κ2) is 3.80. The van der Waals surface area contributed by atoms with Crippen LogP contribution in [-0.2, 0) is 6.42 Å². The molecule has 0 bridgehead atoms. The zero-order valence-electron chi connectivity index (χ0n) is 8.62. The highest BCUT2D eigenvalue weighted by Crippen LogP contribution is 2.10. The molecule has 0 atom stereocenters. The predicted molar refractivity (Wildman–Crippen MR) is 58.4 cm³/mol. The summed E-state index contributed by atoms with van der Waals surface area (Å²) in [5.41, 5.74) is 3.32. The van der Waals surface area contributed by atoms with Crippen LogP contribution in [0.1, 0.15) is 5.69 Å². The summed E-state index contributed by atoms with van der Waals surface area (Å²) >= 11 is 0. The Balaban J connectivity index is 2.17. The number of hydrogen-bond acceptors (Lipinski definition) is 2. The fourth-order valence-corrected chi connectivity index (χ4v) is 1.45. The second-order valence-electron chi connectivity index (χ2n) is 3.77. The molecule has 2 rings (SSSR count). The van der Waals surface area contributed by atoms with Crippen LogP contribution in [-0.4, -0.2) is 35.5 Å². The number of pyridine rings is 1. The third-order valence-electron chi connectivity index (χ3n) is 2.28. The van der Waals surface area contributed by atoms with Gasteiger partial charge in [-0.1, -0.05) is 0 Å². The van der Waals surface area contributed by atoms with Crippen molar-refractivity contribution >= 4 is 11.0 Å². The number of aromatic nitrogens is 2. The molecular formula is C11H15N3. The summed E-state index contributed by atoms with van der Waals surface area (Å²) in [4.78, 5) is 9.86. The maximum atomic E-state index is 4.55. The minimum atomic E-state index is 1.01. The minimum Gasteiger partial charge on any atom is -0.360 e. The number of H-pyrrole nitrogens is 1. The first-order valence-electron chi connectivity index (χ1n) is 4.83. The third kappa shape index (κ3) is 1.93. The molecule has 2 aromatic rings. The van der Waals surface area contributed by atoms with Gasteiger partial charge >= 0.3 is 0 Å². The largest absolute Gasteiger partial charge is 0.360 e. The van der Waals surface area contributed by atoms with Crippen LogP contribution < -0.4 is 0 Å². The molecule has 0 saturated heterocycles. The van der Waals surface area contributed by atoms with Gasteiger partial charge in [-0.05, 0) is 32.3 Å². The summed E-state index contributed by atoms with van der Waals surface area (Å²) in [5, 5.41) is 0. The molecule has 3 heteroatoms. The molecule has 0 aromatic carbocycles. The molecule has 74 valence electrons. The van der Waals surface area contributed by atoms with Crippen LogP contribution in [0.15, 0.2) is 24.4 Å². The summed E-state index contributed by atoms with van der Waals surface area (Å²) < 4.78 is 0. The van der Waals surface area contributed by atoms with E-state index in [1.165, 1.54) is 0 Å². The van der Waals surface area contributed by atoms with E-state index in [2.05, 4.69) is 41.1 Å². The van der Waals surface area contributed by atoms with E-state index in [1.54, 1.807) is 0 Å². The Kier molecular flexibility index (Phi) is 2.50. The molecule has 0 fully saturated rings. The van der Waals surface area contributed by atoms with Crippen molar-refractivity contribution in [1.29, 1.82) is 0 Å². The number of hydrogen-bond donors (Lipinski definition) is 1. The van der Waals surface area contributed by atoms with Gasteiger partial charge in [-0.25, -0.2) is 0 Å². The lowest BCUT2D eigenvalue weighted by molar-refractivity contribution is 0.412. The molecule has 0 saturated carbocycles. The Hall–Kier alpha value is -1.35. The topological polar surface area (TPSA) is 31.9 Å². The van der Waals surface area contributed by atoms with Gasteiger partial charge in [0.1, 0.15) is 0 Å². The van der Waals surface area contributed by atoms with Crippen LogP contribution in [0.25, 0.3) is 11.0 Å². The lowest BCUT2D eigenvalue weighted by Crippen LogP contribution is -2.15. The van der Waals surface area contributed by atoms with Gasteiger partial charge in [0, 0.05) is 24.9 Å². The van der Waals surface area contributed by atoms with Crippen LogP contribution in [0.4, 0.5) is 0 Å². The van der Waals surface area contributed by atoms with Crippen molar-refractivity contribution in [2.45, 2.75) is 6.42 Å². The van der Waals surface area contributed by atoms with Crippen molar-refractivity contribution in [2.75, 3.05) is 20.6 Å². The minimum absolute atomic E-state index is 1.01. The molecule has 1 N–H and O–H groups in total. The van der Waals surface area contributed by atoms with Gasteiger partial charge in [0.2, 0.25) is 0 Å². The number of nitrogens with one attached hydrogen (secondary N) is 1. The smallest absolute Gasteiger partial charge is 0.0882 e. The molecule has 0 aliphatic carbocycles. The maximum absolute atomic E-state index is 4.55. The van der Waals surface area contributed by atoms with E-state index < -0.39 is 0 Å². The Morgan fingerprint density at radius 1 is 1.29 bits per heavy atom. The molecule has 0 aliphatic rings.